The van der Waals surface area contributed by atoms with Crippen LogP contribution in [0.5, 0.6) is 0 Å². The second-order valence-electron chi connectivity index (χ2n) is 9.73. The highest BCUT2D eigenvalue weighted by atomic mass is 16.3. The summed E-state index contributed by atoms with van der Waals surface area (Å²) in [5.41, 5.74) is 0. The molecule has 0 heterocycles. The van der Waals surface area contributed by atoms with Gasteiger partial charge in [0, 0.05) is 0 Å². The van der Waals surface area contributed by atoms with Crippen molar-refractivity contribution in [3.05, 3.63) is 36.5 Å². The van der Waals surface area contributed by atoms with Crippen molar-refractivity contribution in [3.63, 3.8) is 0 Å². The lowest BCUT2D eigenvalue weighted by Gasteiger charge is -2.27. The fourth-order valence-corrected chi connectivity index (χ4v) is 4.03. The van der Waals surface area contributed by atoms with Crippen LogP contribution in [0.25, 0.3) is 0 Å². The molecule has 210 valence electrons. The summed E-state index contributed by atoms with van der Waals surface area (Å²) in [5.74, 6) is -0.609. The molecule has 0 spiro atoms. The number of carbonyl (C=O) groups is 1. The first kappa shape index (κ1) is 34.5. The van der Waals surface area contributed by atoms with E-state index in [1.165, 1.54) is 32.1 Å². The van der Waals surface area contributed by atoms with Gasteiger partial charge >= 0.3 is 0 Å². The molecular weight excluding hydrogens is 454 g/mol. The zero-order valence-electron chi connectivity index (χ0n) is 23.0. The highest BCUT2D eigenvalue weighted by molar-refractivity contribution is 5.80. The summed E-state index contributed by atoms with van der Waals surface area (Å²) in [6.07, 6.45) is 24.7. The van der Waals surface area contributed by atoms with Gasteiger partial charge in [0.15, 0.2) is 0 Å². The summed E-state index contributed by atoms with van der Waals surface area (Å²) in [4.78, 5) is 12.3. The maximum atomic E-state index is 12.3. The molecular formula is C30H55NO5. The van der Waals surface area contributed by atoms with E-state index in [0.717, 1.165) is 51.4 Å². The predicted molar refractivity (Wildman–Crippen MR) is 150 cm³/mol. The lowest BCUT2D eigenvalue weighted by atomic mass is 10.00. The van der Waals surface area contributed by atoms with Gasteiger partial charge in [0.1, 0.15) is 12.2 Å². The number of carbonyl (C=O) groups excluding carboxylic acids is 1. The minimum absolute atomic E-state index is 0.357. The molecule has 0 rings (SSSR count). The average Bonchev–Trinajstić information content (AvgIpc) is 2.88. The number of rotatable bonds is 24. The fourth-order valence-electron chi connectivity index (χ4n) is 4.03. The minimum atomic E-state index is -1.29. The van der Waals surface area contributed by atoms with Gasteiger partial charge in [-0.05, 0) is 58.3 Å². The number of hydrogen-bond acceptors (Lipinski definition) is 5. The van der Waals surface area contributed by atoms with E-state index in [4.69, 9.17) is 0 Å². The maximum Gasteiger partial charge on any atom is 0.249 e. The van der Waals surface area contributed by atoms with Gasteiger partial charge < -0.3 is 25.7 Å². The molecule has 6 heteroatoms. The van der Waals surface area contributed by atoms with Crippen LogP contribution in [0.15, 0.2) is 36.5 Å². The van der Waals surface area contributed by atoms with Crippen molar-refractivity contribution in [2.45, 2.75) is 141 Å². The Kier molecular flexibility index (Phi) is 24.2. The van der Waals surface area contributed by atoms with Gasteiger partial charge in [-0.2, -0.15) is 0 Å². The molecule has 0 bridgehead atoms. The quantitative estimate of drug-likeness (QED) is 0.0872. The second kappa shape index (κ2) is 25.2. The molecule has 0 saturated heterocycles. The molecule has 4 atom stereocenters. The summed E-state index contributed by atoms with van der Waals surface area (Å²) in [7, 11) is 0. The molecule has 5 N–H and O–H groups in total. The van der Waals surface area contributed by atoms with Crippen molar-refractivity contribution in [2.24, 2.45) is 0 Å². The molecule has 1 amide bonds. The van der Waals surface area contributed by atoms with Crippen LogP contribution in [0.2, 0.25) is 0 Å². The van der Waals surface area contributed by atoms with Crippen molar-refractivity contribution >= 4 is 5.91 Å². The summed E-state index contributed by atoms with van der Waals surface area (Å²) < 4.78 is 0. The zero-order chi connectivity index (χ0) is 26.9. The van der Waals surface area contributed by atoms with E-state index >= 15 is 0 Å². The predicted octanol–water partition coefficient (Wildman–Crippen LogP) is 5.50. The molecule has 0 aromatic heterocycles. The van der Waals surface area contributed by atoms with Crippen molar-refractivity contribution in [1.82, 2.24) is 5.32 Å². The molecule has 6 nitrogen and oxygen atoms in total. The summed E-state index contributed by atoms with van der Waals surface area (Å²) >= 11 is 0. The number of hydrogen-bond donors (Lipinski definition) is 5. The first-order valence-electron chi connectivity index (χ1n) is 14.3. The van der Waals surface area contributed by atoms with Crippen LogP contribution in [-0.2, 0) is 4.79 Å². The molecule has 0 aliphatic heterocycles. The third-order valence-corrected chi connectivity index (χ3v) is 6.40. The third kappa shape index (κ3) is 19.7. The average molecular weight is 510 g/mol. The molecule has 0 aromatic carbocycles. The Morgan fingerprint density at radius 3 is 1.81 bits per heavy atom. The van der Waals surface area contributed by atoms with Crippen molar-refractivity contribution in [1.29, 1.82) is 0 Å². The first-order chi connectivity index (χ1) is 17.5. The first-order valence-corrected chi connectivity index (χ1v) is 14.3. The van der Waals surface area contributed by atoms with Crippen LogP contribution in [-0.4, -0.2) is 57.3 Å². The van der Waals surface area contributed by atoms with E-state index in [2.05, 4.69) is 48.7 Å². The topological polar surface area (TPSA) is 110 Å². The molecule has 0 saturated carbocycles. The Labute approximate surface area is 220 Å². The van der Waals surface area contributed by atoms with Gasteiger partial charge in [0.2, 0.25) is 5.91 Å². The van der Waals surface area contributed by atoms with Gasteiger partial charge in [-0.3, -0.25) is 4.79 Å². The third-order valence-electron chi connectivity index (χ3n) is 6.40. The molecule has 0 aliphatic rings. The summed E-state index contributed by atoms with van der Waals surface area (Å²) in [6, 6.07) is -1.00. The minimum Gasteiger partial charge on any atom is -0.394 e. The van der Waals surface area contributed by atoms with Crippen LogP contribution in [0, 0.1) is 0 Å². The Morgan fingerprint density at radius 1 is 0.722 bits per heavy atom. The lowest BCUT2D eigenvalue weighted by Crippen LogP contribution is -2.53. The van der Waals surface area contributed by atoms with E-state index in [0.29, 0.717) is 19.3 Å². The zero-order valence-corrected chi connectivity index (χ0v) is 23.0. The smallest absolute Gasteiger partial charge is 0.249 e. The summed E-state index contributed by atoms with van der Waals surface area (Å²) in [5, 5.41) is 42.9. The largest absolute Gasteiger partial charge is 0.394 e. The van der Waals surface area contributed by atoms with Crippen LogP contribution >= 0.6 is 0 Å². The standard InChI is InChI=1S/C30H55NO5/c1-3-5-7-9-11-13-14-15-16-18-19-21-23-27(33)29(35)26(25-32)31-30(36)28(34)24-22-20-17-12-10-8-6-4-2/h3,5,11,13,16,18,26-29,32-35H,4,6-10,12,14-15,17,19-25H2,1-2H3,(H,31,36)/b5-3+,13-11+,18-16+. The molecule has 0 fully saturated rings. The molecule has 0 radical (unpaired) electrons. The van der Waals surface area contributed by atoms with Gasteiger partial charge in [-0.25, -0.2) is 0 Å². The van der Waals surface area contributed by atoms with E-state index in [1.54, 1.807) is 0 Å². The van der Waals surface area contributed by atoms with Gasteiger partial charge in [-0.1, -0.05) is 94.7 Å². The van der Waals surface area contributed by atoms with E-state index in [1.807, 2.05) is 6.92 Å². The monoisotopic (exact) mass is 509 g/mol. The Bertz CT molecular complexity index is 590. The number of nitrogens with one attached hydrogen (secondary N) is 1. The molecule has 0 aromatic rings. The molecule has 4 unspecified atom stereocenters. The van der Waals surface area contributed by atoms with E-state index in [9.17, 15) is 25.2 Å². The number of allylic oxidation sites excluding steroid dienone is 6. The van der Waals surface area contributed by atoms with Gasteiger partial charge in [0.25, 0.3) is 0 Å². The molecule has 0 aliphatic carbocycles. The fraction of sp³-hybridized carbons (Fsp3) is 0.767. The normalized spacial score (nSPS) is 15.6. The van der Waals surface area contributed by atoms with E-state index in [-0.39, 0.29) is 0 Å². The number of unbranched alkanes of at least 4 members (excludes halogenated alkanes) is 10. The second-order valence-corrected chi connectivity index (χ2v) is 9.73. The van der Waals surface area contributed by atoms with Crippen LogP contribution in [0.4, 0.5) is 0 Å². The van der Waals surface area contributed by atoms with Gasteiger partial charge in [-0.15, -0.1) is 0 Å². The van der Waals surface area contributed by atoms with Gasteiger partial charge in [0.05, 0.1) is 18.8 Å². The van der Waals surface area contributed by atoms with Crippen LogP contribution in [0.3, 0.4) is 0 Å². The summed E-state index contributed by atoms with van der Waals surface area (Å²) in [6.45, 7) is 3.72. The highest BCUT2D eigenvalue weighted by Gasteiger charge is 2.28. The lowest BCUT2D eigenvalue weighted by molar-refractivity contribution is -0.132. The van der Waals surface area contributed by atoms with Crippen molar-refractivity contribution in [2.75, 3.05) is 6.61 Å². The van der Waals surface area contributed by atoms with Crippen molar-refractivity contribution < 1.29 is 25.2 Å². The van der Waals surface area contributed by atoms with Crippen LogP contribution < -0.4 is 5.32 Å². The van der Waals surface area contributed by atoms with Crippen LogP contribution in [0.1, 0.15) is 117 Å². The Morgan fingerprint density at radius 2 is 1.25 bits per heavy atom. The number of amides is 1. The highest BCUT2D eigenvalue weighted by Crippen LogP contribution is 2.12. The molecule has 36 heavy (non-hydrogen) atoms. The van der Waals surface area contributed by atoms with Crippen molar-refractivity contribution in [3.8, 4) is 0 Å². The van der Waals surface area contributed by atoms with E-state index < -0.39 is 36.9 Å². The maximum absolute atomic E-state index is 12.3. The SMILES string of the molecule is C/C=C/CC/C=C/CC/C=C/CCCC(O)C(O)C(CO)NC(=O)C(O)CCCCCCCCCC. The number of aliphatic hydroxyl groups excluding tert-OH is 4. The Hall–Kier alpha value is -1.47. The number of aliphatic hydroxyl groups is 4. The Balaban J connectivity index is 4.05.